The quantitative estimate of drug-likeness (QED) is 0.551. The van der Waals surface area contributed by atoms with Gasteiger partial charge in [0.2, 0.25) is 0 Å². The van der Waals surface area contributed by atoms with Gasteiger partial charge < -0.3 is 14.8 Å². The number of thiocarbonyl (C=S) groups is 1. The number of methoxy groups -OCH3 is 1. The normalized spacial score (nSPS) is 12.7. The zero-order valence-electron chi connectivity index (χ0n) is 16.7. The van der Waals surface area contributed by atoms with Crippen molar-refractivity contribution in [2.75, 3.05) is 19.0 Å². The van der Waals surface area contributed by atoms with Gasteiger partial charge in [0.15, 0.2) is 11.7 Å². The topological polar surface area (TPSA) is 76.7 Å². The zero-order valence-corrected chi connectivity index (χ0v) is 18.4. The number of hydrogen-bond acceptors (Lipinski definition) is 6. The van der Waals surface area contributed by atoms with Gasteiger partial charge in [0, 0.05) is 4.88 Å². The number of rotatable bonds is 5. The Kier molecular flexibility index (Phi) is 6.87. The first kappa shape index (κ1) is 21.3. The van der Waals surface area contributed by atoms with Crippen molar-refractivity contribution in [1.29, 1.82) is 0 Å². The third-order valence-corrected chi connectivity index (χ3v) is 6.15. The van der Waals surface area contributed by atoms with E-state index < -0.39 is 0 Å². The fourth-order valence-electron chi connectivity index (χ4n) is 3.28. The summed E-state index contributed by atoms with van der Waals surface area (Å²) in [7, 11) is 1.36. The molecule has 1 aromatic carbocycles. The van der Waals surface area contributed by atoms with Crippen molar-refractivity contribution in [3.05, 3.63) is 45.3 Å². The predicted molar refractivity (Wildman–Crippen MR) is 118 cm³/mol. The number of nitrogens with one attached hydrogen (secondary N) is 2. The second-order valence-electron chi connectivity index (χ2n) is 6.97. The van der Waals surface area contributed by atoms with Crippen LogP contribution in [-0.4, -0.2) is 30.7 Å². The van der Waals surface area contributed by atoms with E-state index >= 15 is 0 Å². The van der Waals surface area contributed by atoms with Gasteiger partial charge in [-0.15, -0.1) is 11.3 Å². The number of esters is 1. The highest BCUT2D eigenvalue weighted by Crippen LogP contribution is 2.38. The maximum Gasteiger partial charge on any atom is 0.341 e. The Morgan fingerprint density at radius 2 is 1.97 bits per heavy atom. The molecule has 0 radical (unpaired) electrons. The largest absolute Gasteiger partial charge is 0.483 e. The molecule has 0 fully saturated rings. The minimum Gasteiger partial charge on any atom is -0.483 e. The molecule has 0 bridgehead atoms. The maximum atomic E-state index is 12.3. The molecule has 29 heavy (non-hydrogen) atoms. The van der Waals surface area contributed by atoms with Crippen LogP contribution in [0.15, 0.2) is 18.2 Å². The standard InChI is InChI=1S/C21H24N2O4S2/c1-12-8-9-13(2)15(10-12)27-11-17(24)22-21(28)23-19-18(20(25)26-3)14-6-4-5-7-16(14)29-19/h8-10H,4-7,11H2,1-3H3,(H2,22,23,24,28). The van der Waals surface area contributed by atoms with Gasteiger partial charge in [-0.1, -0.05) is 12.1 Å². The predicted octanol–water partition coefficient (Wildman–Crippen LogP) is 3.92. The molecule has 0 spiro atoms. The maximum absolute atomic E-state index is 12.3. The van der Waals surface area contributed by atoms with E-state index in [1.165, 1.54) is 23.3 Å². The average molecular weight is 433 g/mol. The summed E-state index contributed by atoms with van der Waals surface area (Å²) in [5.41, 5.74) is 3.56. The summed E-state index contributed by atoms with van der Waals surface area (Å²) in [6.07, 6.45) is 3.93. The van der Waals surface area contributed by atoms with E-state index in [4.69, 9.17) is 21.7 Å². The monoisotopic (exact) mass is 432 g/mol. The van der Waals surface area contributed by atoms with Gasteiger partial charge in [0.25, 0.3) is 5.91 Å². The van der Waals surface area contributed by atoms with Gasteiger partial charge in [-0.05, 0) is 74.5 Å². The van der Waals surface area contributed by atoms with E-state index in [1.807, 2.05) is 32.0 Å². The first-order chi connectivity index (χ1) is 13.9. The summed E-state index contributed by atoms with van der Waals surface area (Å²) in [5, 5.41) is 6.35. The van der Waals surface area contributed by atoms with Gasteiger partial charge in [-0.2, -0.15) is 0 Å². The van der Waals surface area contributed by atoms with E-state index in [9.17, 15) is 9.59 Å². The lowest BCUT2D eigenvalue weighted by atomic mass is 9.95. The minimum absolute atomic E-state index is 0.128. The second-order valence-corrected chi connectivity index (χ2v) is 8.48. The molecule has 1 heterocycles. The zero-order chi connectivity index (χ0) is 21.0. The molecular formula is C21H24N2O4S2. The highest BCUT2D eigenvalue weighted by Gasteiger charge is 2.26. The molecule has 1 amide bonds. The molecule has 1 aromatic heterocycles. The van der Waals surface area contributed by atoms with E-state index in [1.54, 1.807) is 0 Å². The van der Waals surface area contributed by atoms with Crippen LogP contribution >= 0.6 is 23.6 Å². The molecule has 1 aliphatic rings. The van der Waals surface area contributed by atoms with E-state index in [-0.39, 0.29) is 23.6 Å². The second kappa shape index (κ2) is 9.37. The van der Waals surface area contributed by atoms with Crippen molar-refractivity contribution in [3.8, 4) is 5.75 Å². The Bertz CT molecular complexity index is 952. The molecule has 0 atom stereocenters. The molecule has 2 aromatic rings. The summed E-state index contributed by atoms with van der Waals surface area (Å²) in [6, 6.07) is 5.82. The molecule has 1 aliphatic carbocycles. The number of thiophene rings is 1. The third-order valence-electron chi connectivity index (χ3n) is 4.74. The summed E-state index contributed by atoms with van der Waals surface area (Å²) < 4.78 is 10.6. The van der Waals surface area contributed by atoms with Crippen LogP contribution in [0, 0.1) is 13.8 Å². The van der Waals surface area contributed by atoms with Crippen LogP contribution in [0.2, 0.25) is 0 Å². The molecular weight excluding hydrogens is 408 g/mol. The molecule has 6 nitrogen and oxygen atoms in total. The van der Waals surface area contributed by atoms with E-state index in [0.717, 1.165) is 42.4 Å². The number of aryl methyl sites for hydroxylation is 3. The van der Waals surface area contributed by atoms with Crippen LogP contribution in [-0.2, 0) is 22.4 Å². The van der Waals surface area contributed by atoms with Crippen LogP contribution in [0.5, 0.6) is 5.75 Å². The number of carbonyl (C=O) groups is 2. The summed E-state index contributed by atoms with van der Waals surface area (Å²) >= 11 is 6.76. The van der Waals surface area contributed by atoms with Crippen molar-refractivity contribution < 1.29 is 19.1 Å². The summed E-state index contributed by atoms with van der Waals surface area (Å²) in [5.74, 6) is -0.0958. The molecule has 0 saturated carbocycles. The van der Waals surface area contributed by atoms with Crippen molar-refractivity contribution in [2.24, 2.45) is 0 Å². The van der Waals surface area contributed by atoms with Crippen LogP contribution in [0.25, 0.3) is 0 Å². The Labute approximate surface area is 179 Å². The number of anilines is 1. The van der Waals surface area contributed by atoms with Crippen molar-refractivity contribution in [1.82, 2.24) is 5.32 Å². The van der Waals surface area contributed by atoms with Crippen molar-refractivity contribution >= 4 is 45.5 Å². The number of fused-ring (bicyclic) bond motifs is 1. The molecule has 0 saturated heterocycles. The smallest absolute Gasteiger partial charge is 0.341 e. The first-order valence-corrected chi connectivity index (χ1v) is 10.6. The lowest BCUT2D eigenvalue weighted by molar-refractivity contribution is -0.121. The minimum atomic E-state index is -0.390. The van der Waals surface area contributed by atoms with Crippen LogP contribution in [0.1, 0.15) is 44.8 Å². The Morgan fingerprint density at radius 3 is 2.72 bits per heavy atom. The first-order valence-electron chi connectivity index (χ1n) is 9.42. The van der Waals surface area contributed by atoms with Gasteiger partial charge in [-0.25, -0.2) is 4.79 Å². The number of ether oxygens (including phenoxy) is 2. The fraction of sp³-hybridized carbons (Fsp3) is 0.381. The van der Waals surface area contributed by atoms with Gasteiger partial charge in [0.1, 0.15) is 10.8 Å². The highest BCUT2D eigenvalue weighted by molar-refractivity contribution is 7.80. The summed E-state index contributed by atoms with van der Waals surface area (Å²) in [6.45, 7) is 3.73. The number of benzene rings is 1. The third kappa shape index (κ3) is 5.13. The Balaban J connectivity index is 1.63. The van der Waals surface area contributed by atoms with Crippen molar-refractivity contribution in [3.63, 3.8) is 0 Å². The summed E-state index contributed by atoms with van der Waals surface area (Å²) in [4.78, 5) is 25.7. The Morgan fingerprint density at radius 1 is 1.21 bits per heavy atom. The van der Waals surface area contributed by atoms with Gasteiger partial charge in [-0.3, -0.25) is 10.1 Å². The van der Waals surface area contributed by atoms with Gasteiger partial charge in [0.05, 0.1) is 12.7 Å². The lowest BCUT2D eigenvalue weighted by Crippen LogP contribution is -2.37. The number of hydrogen-bond donors (Lipinski definition) is 2. The average Bonchev–Trinajstić information content (AvgIpc) is 3.05. The molecule has 8 heteroatoms. The number of amides is 1. The molecule has 3 rings (SSSR count). The highest BCUT2D eigenvalue weighted by atomic mass is 32.1. The molecule has 154 valence electrons. The van der Waals surface area contributed by atoms with E-state index in [0.29, 0.717) is 16.3 Å². The number of carbonyl (C=O) groups excluding carboxylic acids is 2. The van der Waals surface area contributed by atoms with Crippen LogP contribution < -0.4 is 15.4 Å². The molecule has 0 unspecified atom stereocenters. The Hall–Kier alpha value is -2.45. The SMILES string of the molecule is COC(=O)c1c(NC(=S)NC(=O)COc2cc(C)ccc2C)sc2c1CCCC2. The van der Waals surface area contributed by atoms with Crippen LogP contribution in [0.3, 0.4) is 0 Å². The fourth-order valence-corrected chi connectivity index (χ4v) is 4.84. The molecule has 2 N–H and O–H groups in total. The molecule has 0 aliphatic heterocycles. The van der Waals surface area contributed by atoms with Crippen LogP contribution in [0.4, 0.5) is 5.00 Å². The lowest BCUT2D eigenvalue weighted by Gasteiger charge is -2.13. The van der Waals surface area contributed by atoms with E-state index in [2.05, 4.69) is 10.6 Å². The van der Waals surface area contributed by atoms with Crippen molar-refractivity contribution in [2.45, 2.75) is 39.5 Å². The van der Waals surface area contributed by atoms with Gasteiger partial charge >= 0.3 is 5.97 Å².